The third-order valence-electron chi connectivity index (χ3n) is 4.13. The molecule has 1 saturated heterocycles. The number of halogens is 2. The highest BCUT2D eigenvalue weighted by Gasteiger charge is 2.33. The zero-order valence-corrected chi connectivity index (χ0v) is 14.0. The second-order valence-corrected chi connectivity index (χ2v) is 6.81. The summed E-state index contributed by atoms with van der Waals surface area (Å²) in [5, 5.41) is 1.15. The molecule has 2 nitrogen and oxygen atoms in total. The molecule has 0 N–H and O–H groups in total. The number of carbonyl (C=O) groups excluding carboxylic acids is 1. The molecule has 1 aliphatic heterocycles. The number of hydrogen-bond acceptors (Lipinski definition) is 2. The Morgan fingerprint density at radius 3 is 2.48 bits per heavy atom. The molecule has 0 aromatic heterocycles. The fourth-order valence-corrected chi connectivity index (χ4v) is 3.09. The second kappa shape index (κ2) is 6.95. The molecule has 21 heavy (non-hydrogen) atoms. The molecule has 1 heterocycles. The van der Waals surface area contributed by atoms with Crippen molar-refractivity contribution in [3.63, 3.8) is 0 Å². The predicted octanol–water partition coefficient (Wildman–Crippen LogP) is 4.84. The lowest BCUT2D eigenvalue weighted by molar-refractivity contribution is -0.125. The normalized spacial score (nSPS) is 17.3. The summed E-state index contributed by atoms with van der Waals surface area (Å²) < 4.78 is 0. The molecule has 1 aromatic rings. The van der Waals surface area contributed by atoms with Crippen molar-refractivity contribution in [2.75, 3.05) is 13.1 Å². The summed E-state index contributed by atoms with van der Waals surface area (Å²) in [4.78, 5) is 14.8. The van der Waals surface area contributed by atoms with Gasteiger partial charge in [0, 0.05) is 10.0 Å². The van der Waals surface area contributed by atoms with E-state index in [0.717, 1.165) is 18.7 Å². The van der Waals surface area contributed by atoms with Crippen LogP contribution < -0.4 is 0 Å². The fraction of sp³-hybridized carbons (Fsp3) is 0.471. The standard InChI is InChI=1S/C17H21Cl2NO/c1-17(2,20-10-4-3-5-11-20)16(21)9-7-13-6-8-14(18)12-15(13)19/h6-9,12H,3-5,10-11H2,1-2H3/b9-7+. The average Bonchev–Trinajstić information content (AvgIpc) is 2.47. The Hall–Kier alpha value is -0.830. The van der Waals surface area contributed by atoms with Crippen LogP contribution in [0, 0.1) is 0 Å². The average molecular weight is 326 g/mol. The molecule has 0 radical (unpaired) electrons. The summed E-state index contributed by atoms with van der Waals surface area (Å²) >= 11 is 12.0. The van der Waals surface area contributed by atoms with E-state index in [-0.39, 0.29) is 5.78 Å². The van der Waals surface area contributed by atoms with E-state index in [2.05, 4.69) is 4.90 Å². The highest BCUT2D eigenvalue weighted by atomic mass is 35.5. The number of carbonyl (C=O) groups is 1. The van der Waals surface area contributed by atoms with E-state index in [1.165, 1.54) is 19.3 Å². The summed E-state index contributed by atoms with van der Waals surface area (Å²) in [6.45, 7) is 5.98. The van der Waals surface area contributed by atoms with Gasteiger partial charge in [0.15, 0.2) is 5.78 Å². The minimum atomic E-state index is -0.462. The van der Waals surface area contributed by atoms with Crippen LogP contribution in [0.5, 0.6) is 0 Å². The van der Waals surface area contributed by atoms with Gasteiger partial charge in [-0.1, -0.05) is 35.7 Å². The molecule has 1 aliphatic rings. The molecular weight excluding hydrogens is 305 g/mol. The first-order valence-corrected chi connectivity index (χ1v) is 8.09. The maximum atomic E-state index is 12.5. The first kappa shape index (κ1) is 16.5. The van der Waals surface area contributed by atoms with Gasteiger partial charge in [0.05, 0.1) is 5.54 Å². The van der Waals surface area contributed by atoms with E-state index in [0.29, 0.717) is 10.0 Å². The Morgan fingerprint density at radius 2 is 1.86 bits per heavy atom. The topological polar surface area (TPSA) is 20.3 Å². The quantitative estimate of drug-likeness (QED) is 0.738. The monoisotopic (exact) mass is 325 g/mol. The molecule has 0 atom stereocenters. The number of piperidine rings is 1. The van der Waals surface area contributed by atoms with Gasteiger partial charge in [0.25, 0.3) is 0 Å². The predicted molar refractivity (Wildman–Crippen MR) is 90.0 cm³/mol. The minimum absolute atomic E-state index is 0.107. The van der Waals surface area contributed by atoms with Gasteiger partial charge in [-0.3, -0.25) is 9.69 Å². The number of ketones is 1. The molecule has 1 fully saturated rings. The summed E-state index contributed by atoms with van der Waals surface area (Å²) in [5.74, 6) is 0.107. The molecule has 0 bridgehead atoms. The van der Waals surface area contributed by atoms with Crippen LogP contribution in [0.3, 0.4) is 0 Å². The van der Waals surface area contributed by atoms with Crippen molar-refractivity contribution in [3.05, 3.63) is 39.9 Å². The Balaban J connectivity index is 2.10. The van der Waals surface area contributed by atoms with Crippen molar-refractivity contribution in [2.45, 2.75) is 38.6 Å². The summed E-state index contributed by atoms with van der Waals surface area (Å²) in [6, 6.07) is 5.28. The van der Waals surface area contributed by atoms with Crippen molar-refractivity contribution >= 4 is 35.1 Å². The Bertz CT molecular complexity index is 546. The largest absolute Gasteiger partial charge is 0.293 e. The fourth-order valence-electron chi connectivity index (χ4n) is 2.61. The summed E-state index contributed by atoms with van der Waals surface area (Å²) in [7, 11) is 0. The van der Waals surface area contributed by atoms with Crippen LogP contribution in [-0.2, 0) is 4.79 Å². The van der Waals surface area contributed by atoms with Crippen LogP contribution in [-0.4, -0.2) is 29.3 Å². The minimum Gasteiger partial charge on any atom is -0.293 e. The molecule has 0 saturated carbocycles. The maximum Gasteiger partial charge on any atom is 0.175 e. The number of hydrogen-bond donors (Lipinski definition) is 0. The van der Waals surface area contributed by atoms with Gasteiger partial charge >= 0.3 is 0 Å². The van der Waals surface area contributed by atoms with Crippen molar-refractivity contribution in [3.8, 4) is 0 Å². The van der Waals surface area contributed by atoms with Crippen molar-refractivity contribution in [1.82, 2.24) is 4.90 Å². The molecule has 114 valence electrons. The van der Waals surface area contributed by atoms with Crippen LogP contribution >= 0.6 is 23.2 Å². The first-order valence-electron chi connectivity index (χ1n) is 7.34. The van der Waals surface area contributed by atoms with Gasteiger partial charge in [-0.15, -0.1) is 0 Å². The zero-order chi connectivity index (χ0) is 15.5. The molecule has 4 heteroatoms. The Kier molecular flexibility index (Phi) is 5.48. The van der Waals surface area contributed by atoms with Gasteiger partial charge in [-0.05, 0) is 69.6 Å². The van der Waals surface area contributed by atoms with E-state index >= 15 is 0 Å². The molecule has 1 aromatic carbocycles. The highest BCUT2D eigenvalue weighted by molar-refractivity contribution is 6.35. The first-order chi connectivity index (χ1) is 9.91. The lowest BCUT2D eigenvalue weighted by atomic mass is 9.93. The van der Waals surface area contributed by atoms with Crippen LogP contribution in [0.25, 0.3) is 6.08 Å². The van der Waals surface area contributed by atoms with Crippen molar-refractivity contribution in [2.24, 2.45) is 0 Å². The Labute approximate surface area is 136 Å². The van der Waals surface area contributed by atoms with E-state index in [1.807, 2.05) is 19.9 Å². The maximum absolute atomic E-state index is 12.5. The molecule has 0 unspecified atom stereocenters. The third-order valence-corrected chi connectivity index (χ3v) is 4.69. The van der Waals surface area contributed by atoms with Gasteiger partial charge < -0.3 is 0 Å². The second-order valence-electron chi connectivity index (χ2n) is 5.97. The van der Waals surface area contributed by atoms with E-state index in [1.54, 1.807) is 24.3 Å². The number of benzene rings is 1. The molecule has 0 amide bonds. The van der Waals surface area contributed by atoms with E-state index < -0.39 is 5.54 Å². The van der Waals surface area contributed by atoms with Gasteiger partial charge in [0.2, 0.25) is 0 Å². The Morgan fingerprint density at radius 1 is 1.19 bits per heavy atom. The van der Waals surface area contributed by atoms with Crippen molar-refractivity contribution < 1.29 is 4.79 Å². The smallest absolute Gasteiger partial charge is 0.175 e. The van der Waals surface area contributed by atoms with Crippen LogP contribution in [0.15, 0.2) is 24.3 Å². The van der Waals surface area contributed by atoms with E-state index in [9.17, 15) is 4.79 Å². The van der Waals surface area contributed by atoms with Gasteiger partial charge in [-0.25, -0.2) is 0 Å². The number of nitrogens with zero attached hydrogens (tertiary/aromatic N) is 1. The van der Waals surface area contributed by atoms with Crippen LogP contribution in [0.4, 0.5) is 0 Å². The zero-order valence-electron chi connectivity index (χ0n) is 12.5. The third kappa shape index (κ3) is 4.09. The molecule has 2 rings (SSSR count). The van der Waals surface area contributed by atoms with E-state index in [4.69, 9.17) is 23.2 Å². The summed E-state index contributed by atoms with van der Waals surface area (Å²) in [5.41, 5.74) is 0.347. The molecular formula is C17H21Cl2NO. The van der Waals surface area contributed by atoms with Crippen molar-refractivity contribution in [1.29, 1.82) is 0 Å². The van der Waals surface area contributed by atoms with Crippen LogP contribution in [0.2, 0.25) is 10.0 Å². The van der Waals surface area contributed by atoms with Gasteiger partial charge in [-0.2, -0.15) is 0 Å². The van der Waals surface area contributed by atoms with Crippen LogP contribution in [0.1, 0.15) is 38.7 Å². The molecule has 0 spiro atoms. The highest BCUT2D eigenvalue weighted by Crippen LogP contribution is 2.24. The lowest BCUT2D eigenvalue weighted by Gasteiger charge is -2.39. The number of likely N-dealkylation sites (tertiary alicyclic amines) is 1. The molecule has 0 aliphatic carbocycles. The SMILES string of the molecule is CC(C)(C(=O)/C=C/c1ccc(Cl)cc1Cl)N1CCCCC1. The number of rotatable bonds is 4. The summed E-state index contributed by atoms with van der Waals surface area (Å²) in [6.07, 6.45) is 7.00. The van der Waals surface area contributed by atoms with Gasteiger partial charge in [0.1, 0.15) is 0 Å². The lowest BCUT2D eigenvalue weighted by Crippen LogP contribution is -2.51.